The van der Waals surface area contributed by atoms with Gasteiger partial charge in [0, 0.05) is 51.7 Å². The minimum atomic E-state index is -0.381. The molecule has 0 saturated heterocycles. The van der Waals surface area contributed by atoms with E-state index in [0.29, 0.717) is 11.5 Å². The van der Waals surface area contributed by atoms with E-state index in [1.165, 1.54) is 65.4 Å². The van der Waals surface area contributed by atoms with Crippen LogP contribution >= 0.6 is 0 Å². The van der Waals surface area contributed by atoms with Crippen molar-refractivity contribution in [2.75, 3.05) is 19.0 Å². The van der Waals surface area contributed by atoms with Crippen LogP contribution in [0.15, 0.2) is 60.7 Å². The summed E-state index contributed by atoms with van der Waals surface area (Å²) in [5, 5.41) is 6.22. The molecule has 4 N–H and O–H groups in total. The van der Waals surface area contributed by atoms with Gasteiger partial charge in [-0.2, -0.15) is 0 Å². The number of hydrogen-bond donors (Lipinski definition) is 3. The van der Waals surface area contributed by atoms with Crippen molar-refractivity contribution in [2.24, 2.45) is 5.73 Å². The Morgan fingerprint density at radius 2 is 1.79 bits per heavy atom. The lowest BCUT2D eigenvalue weighted by Crippen LogP contribution is -2.11. The van der Waals surface area contributed by atoms with Gasteiger partial charge in [-0.05, 0) is 84.5 Å². The average Bonchev–Trinajstić information content (AvgIpc) is 3.47. The molecule has 6 heteroatoms. The average molecular weight is 505 g/mol. The van der Waals surface area contributed by atoms with Gasteiger partial charge >= 0.3 is 0 Å². The summed E-state index contributed by atoms with van der Waals surface area (Å²) in [5.74, 6) is 0.988. The van der Waals surface area contributed by atoms with Crippen molar-refractivity contribution in [2.45, 2.75) is 44.6 Å². The molecule has 38 heavy (non-hydrogen) atoms. The maximum Gasteiger partial charge on any atom is 0.248 e. The number of primary amides is 1. The van der Waals surface area contributed by atoms with Crippen LogP contribution in [-0.4, -0.2) is 29.1 Å². The van der Waals surface area contributed by atoms with Crippen LogP contribution in [0.2, 0.25) is 0 Å². The maximum atomic E-state index is 12.1. The number of anilines is 1. The zero-order valence-electron chi connectivity index (χ0n) is 21.6. The smallest absolute Gasteiger partial charge is 0.248 e. The van der Waals surface area contributed by atoms with Crippen molar-refractivity contribution < 1.29 is 9.53 Å². The Kier molecular flexibility index (Phi) is 5.43. The lowest BCUT2D eigenvalue weighted by atomic mass is 9.81. The van der Waals surface area contributed by atoms with Gasteiger partial charge in [0.1, 0.15) is 5.75 Å². The summed E-state index contributed by atoms with van der Waals surface area (Å²) in [6.45, 7) is 1.63. The summed E-state index contributed by atoms with van der Waals surface area (Å²) < 4.78 is 7.77. The number of carbonyl (C=O) groups excluding carboxylic acids is 1. The fourth-order valence-electron chi connectivity index (χ4n) is 6.67. The SMILES string of the molecule is COc1ccc(-c2cc3c4c(ccc3[nH]2)-c2c(C3CCCCC3)c3ccc(C(N)=O)cc3n2CCN4)cc1. The van der Waals surface area contributed by atoms with Crippen LogP contribution in [0.3, 0.4) is 0 Å². The molecule has 2 aliphatic rings. The Bertz CT molecular complexity index is 1690. The zero-order valence-corrected chi connectivity index (χ0v) is 21.6. The van der Waals surface area contributed by atoms with Gasteiger partial charge in [-0.1, -0.05) is 25.3 Å². The molecule has 1 aliphatic carbocycles. The first-order valence-electron chi connectivity index (χ1n) is 13.6. The van der Waals surface area contributed by atoms with E-state index in [1.807, 2.05) is 24.3 Å². The maximum absolute atomic E-state index is 12.1. The zero-order chi connectivity index (χ0) is 25.8. The van der Waals surface area contributed by atoms with E-state index in [2.05, 4.69) is 51.3 Å². The number of aromatic amines is 1. The van der Waals surface area contributed by atoms with Crippen LogP contribution in [0.1, 0.15) is 53.9 Å². The Hall–Kier alpha value is -4.19. The van der Waals surface area contributed by atoms with Crippen molar-refractivity contribution in [3.8, 4) is 28.3 Å². The molecule has 0 unspecified atom stereocenters. The quantitative estimate of drug-likeness (QED) is 0.245. The summed E-state index contributed by atoms with van der Waals surface area (Å²) in [6.07, 6.45) is 6.26. The lowest BCUT2D eigenvalue weighted by molar-refractivity contribution is 0.100. The first-order chi connectivity index (χ1) is 18.6. The molecule has 2 aromatic heterocycles. The number of nitrogens with one attached hydrogen (secondary N) is 2. The van der Waals surface area contributed by atoms with Gasteiger partial charge in [-0.15, -0.1) is 0 Å². The number of hydrogen-bond acceptors (Lipinski definition) is 3. The fourth-order valence-corrected chi connectivity index (χ4v) is 6.67. The first kappa shape index (κ1) is 23.0. The molecule has 1 fully saturated rings. The van der Waals surface area contributed by atoms with Gasteiger partial charge in [-0.25, -0.2) is 0 Å². The van der Waals surface area contributed by atoms with Crippen molar-refractivity contribution in [3.63, 3.8) is 0 Å². The summed E-state index contributed by atoms with van der Waals surface area (Å²) in [5.41, 5.74) is 15.8. The van der Waals surface area contributed by atoms with E-state index in [4.69, 9.17) is 10.5 Å². The molecule has 3 heterocycles. The highest BCUT2D eigenvalue weighted by molar-refractivity contribution is 6.06. The van der Waals surface area contributed by atoms with Crippen molar-refractivity contribution in [3.05, 3.63) is 71.8 Å². The number of benzene rings is 3. The Morgan fingerprint density at radius 3 is 2.55 bits per heavy atom. The lowest BCUT2D eigenvalue weighted by Gasteiger charge is -2.24. The van der Waals surface area contributed by atoms with Crippen molar-refractivity contribution in [1.82, 2.24) is 9.55 Å². The third-order valence-corrected chi connectivity index (χ3v) is 8.50. The van der Waals surface area contributed by atoms with Crippen molar-refractivity contribution in [1.29, 1.82) is 0 Å². The Morgan fingerprint density at radius 1 is 0.974 bits per heavy atom. The molecule has 1 aliphatic heterocycles. The molecule has 7 rings (SSSR count). The second-order valence-electron chi connectivity index (χ2n) is 10.6. The number of methoxy groups -OCH3 is 1. The molecule has 5 aromatic rings. The predicted molar refractivity (Wildman–Crippen MR) is 154 cm³/mol. The van der Waals surface area contributed by atoms with Crippen LogP contribution in [0.4, 0.5) is 5.69 Å². The number of amides is 1. The van der Waals surface area contributed by atoms with Crippen LogP contribution in [-0.2, 0) is 6.54 Å². The number of nitrogens with zero attached hydrogens (tertiary/aromatic N) is 1. The first-order valence-corrected chi connectivity index (χ1v) is 13.6. The molecular formula is C32H32N4O2. The number of H-pyrrole nitrogens is 1. The highest BCUT2D eigenvalue weighted by Crippen LogP contribution is 2.48. The number of nitrogens with two attached hydrogens (primary N) is 1. The fraction of sp³-hybridized carbons (Fsp3) is 0.281. The molecule has 1 saturated carbocycles. The minimum Gasteiger partial charge on any atom is -0.497 e. The van der Waals surface area contributed by atoms with Gasteiger partial charge in [0.15, 0.2) is 0 Å². The number of ether oxygens (including phenoxy) is 1. The molecule has 0 radical (unpaired) electrons. The molecule has 0 spiro atoms. The third kappa shape index (κ3) is 3.58. The van der Waals surface area contributed by atoms with E-state index in [0.717, 1.165) is 41.1 Å². The van der Waals surface area contributed by atoms with Gasteiger partial charge in [-0.3, -0.25) is 4.79 Å². The third-order valence-electron chi connectivity index (χ3n) is 8.50. The van der Waals surface area contributed by atoms with E-state index >= 15 is 0 Å². The number of aromatic nitrogens is 2. The summed E-state index contributed by atoms with van der Waals surface area (Å²) >= 11 is 0. The van der Waals surface area contributed by atoms with Crippen LogP contribution in [0, 0.1) is 0 Å². The van der Waals surface area contributed by atoms with E-state index < -0.39 is 0 Å². The topological polar surface area (TPSA) is 85.1 Å². The highest BCUT2D eigenvalue weighted by Gasteiger charge is 2.29. The minimum absolute atomic E-state index is 0.381. The van der Waals surface area contributed by atoms with Crippen LogP contribution in [0.25, 0.3) is 44.3 Å². The molecule has 0 bridgehead atoms. The van der Waals surface area contributed by atoms with Gasteiger partial charge in [0.25, 0.3) is 0 Å². The molecule has 6 nitrogen and oxygen atoms in total. The molecule has 3 aromatic carbocycles. The highest BCUT2D eigenvalue weighted by atomic mass is 16.5. The normalized spacial score (nSPS) is 15.6. The van der Waals surface area contributed by atoms with E-state index in [1.54, 1.807) is 7.11 Å². The number of carbonyl (C=O) groups is 1. The second kappa shape index (κ2) is 8.98. The largest absolute Gasteiger partial charge is 0.497 e. The summed E-state index contributed by atoms with van der Waals surface area (Å²) in [4.78, 5) is 15.7. The van der Waals surface area contributed by atoms with Gasteiger partial charge < -0.3 is 25.3 Å². The predicted octanol–water partition coefficient (Wildman–Crippen LogP) is 7.04. The Balaban J connectivity index is 1.46. The Labute approximate surface area is 221 Å². The van der Waals surface area contributed by atoms with E-state index in [9.17, 15) is 4.79 Å². The molecule has 0 atom stereocenters. The second-order valence-corrected chi connectivity index (χ2v) is 10.6. The molecule has 192 valence electrons. The summed E-state index contributed by atoms with van der Waals surface area (Å²) in [7, 11) is 1.69. The standard InChI is InChI=1S/C32H32N4O2/c1-38-22-10-7-19(8-11-22)27-18-25-26(35-27)14-13-24-30(25)34-15-16-36-28-17-21(32(33)37)9-12-23(28)29(31(24)36)20-5-3-2-4-6-20/h7-14,17-18,20,34-35H,2-6,15-16H2,1H3,(H2,33,37). The van der Waals surface area contributed by atoms with Crippen LogP contribution < -0.4 is 15.8 Å². The molecule has 1 amide bonds. The number of fused-ring (bicyclic) bond motifs is 7. The van der Waals surface area contributed by atoms with Gasteiger partial charge in [0.2, 0.25) is 5.91 Å². The van der Waals surface area contributed by atoms with Crippen molar-refractivity contribution >= 4 is 33.4 Å². The number of rotatable bonds is 4. The summed E-state index contributed by atoms with van der Waals surface area (Å²) in [6, 6.07) is 20.9. The monoisotopic (exact) mass is 504 g/mol. The molecular weight excluding hydrogens is 472 g/mol. The van der Waals surface area contributed by atoms with Crippen LogP contribution in [0.5, 0.6) is 5.75 Å². The van der Waals surface area contributed by atoms with E-state index in [-0.39, 0.29) is 5.91 Å². The van der Waals surface area contributed by atoms with Gasteiger partial charge in [0.05, 0.1) is 18.5 Å².